The molecule has 1 saturated heterocycles. The Labute approximate surface area is 193 Å². The van der Waals surface area contributed by atoms with Crippen molar-refractivity contribution >= 4 is 58.5 Å². The molecule has 0 radical (unpaired) electrons. The summed E-state index contributed by atoms with van der Waals surface area (Å²) in [5.41, 5.74) is 2.06. The third kappa shape index (κ3) is 4.69. The fourth-order valence-corrected chi connectivity index (χ4v) is 3.79. The normalized spacial score (nSPS) is 14.8. The molecule has 1 heterocycles. The van der Waals surface area contributed by atoms with Crippen LogP contribution in [0.25, 0.3) is 6.08 Å². The van der Waals surface area contributed by atoms with E-state index in [0.29, 0.717) is 22.0 Å². The number of nitrogens with one attached hydrogen (secondary N) is 1. The summed E-state index contributed by atoms with van der Waals surface area (Å²) in [7, 11) is 0. The van der Waals surface area contributed by atoms with Crippen LogP contribution in [0.4, 0.5) is 10.5 Å². The van der Waals surface area contributed by atoms with Gasteiger partial charge >= 0.3 is 6.03 Å². The zero-order valence-corrected chi connectivity index (χ0v) is 18.2. The Morgan fingerprint density at radius 3 is 2.19 bits per heavy atom. The minimum absolute atomic E-state index is 0.121. The summed E-state index contributed by atoms with van der Waals surface area (Å²) in [6.07, 6.45) is 1.52. The number of para-hydroxylation sites is 1. The third-order valence-corrected chi connectivity index (χ3v) is 5.33. The zero-order chi connectivity index (χ0) is 22.0. The molecule has 0 unspecified atom stereocenters. The zero-order valence-electron chi connectivity index (χ0n) is 15.9. The average Bonchev–Trinajstić information content (AvgIpc) is 3.02. The molecule has 0 spiro atoms. The lowest BCUT2D eigenvalue weighted by Gasteiger charge is -2.12. The van der Waals surface area contributed by atoms with Gasteiger partial charge in [0.15, 0.2) is 5.75 Å². The predicted molar refractivity (Wildman–Crippen MR) is 123 cm³/mol. The maximum atomic E-state index is 12.7. The molecule has 0 aliphatic carbocycles. The van der Waals surface area contributed by atoms with Gasteiger partial charge in [-0.1, -0.05) is 65.1 Å². The molecule has 0 atom stereocenters. The van der Waals surface area contributed by atoms with E-state index in [4.69, 9.17) is 39.5 Å². The van der Waals surface area contributed by atoms with Crippen LogP contribution in [0.3, 0.4) is 0 Å². The maximum absolute atomic E-state index is 12.7. The van der Waals surface area contributed by atoms with Crippen molar-refractivity contribution in [2.45, 2.75) is 6.61 Å². The second-order valence-electron chi connectivity index (χ2n) is 6.69. The van der Waals surface area contributed by atoms with Crippen molar-refractivity contribution in [2.24, 2.45) is 0 Å². The highest BCUT2D eigenvalue weighted by Crippen LogP contribution is 2.36. The van der Waals surface area contributed by atoms with Gasteiger partial charge in [-0.2, -0.15) is 0 Å². The van der Waals surface area contributed by atoms with Gasteiger partial charge in [-0.25, -0.2) is 9.69 Å². The summed E-state index contributed by atoms with van der Waals surface area (Å²) < 4.78 is 5.76. The summed E-state index contributed by atoms with van der Waals surface area (Å²) in [6, 6.07) is 18.6. The number of rotatable bonds is 5. The molecule has 1 aliphatic heterocycles. The molecule has 1 fully saturated rings. The van der Waals surface area contributed by atoms with Gasteiger partial charge in [0.05, 0.1) is 15.7 Å². The number of hydrogen-bond donors (Lipinski definition) is 1. The van der Waals surface area contributed by atoms with E-state index >= 15 is 0 Å². The van der Waals surface area contributed by atoms with Crippen LogP contribution in [0, 0.1) is 0 Å². The molecule has 0 bridgehead atoms. The number of halogens is 3. The average molecular weight is 474 g/mol. The van der Waals surface area contributed by atoms with Crippen LogP contribution in [-0.2, 0) is 11.4 Å². The monoisotopic (exact) mass is 472 g/mol. The van der Waals surface area contributed by atoms with Crippen LogP contribution in [0.1, 0.15) is 11.1 Å². The molecular weight excluding hydrogens is 459 g/mol. The van der Waals surface area contributed by atoms with Crippen LogP contribution in [0.2, 0.25) is 15.1 Å². The number of ether oxygens (including phenoxy) is 1. The minimum Gasteiger partial charge on any atom is -0.486 e. The van der Waals surface area contributed by atoms with E-state index in [1.807, 2.05) is 12.1 Å². The van der Waals surface area contributed by atoms with Crippen molar-refractivity contribution in [1.29, 1.82) is 0 Å². The lowest BCUT2D eigenvalue weighted by Crippen LogP contribution is -2.30. The quantitative estimate of drug-likeness (QED) is 0.348. The highest BCUT2D eigenvalue weighted by molar-refractivity contribution is 6.37. The van der Waals surface area contributed by atoms with E-state index in [9.17, 15) is 9.59 Å². The van der Waals surface area contributed by atoms with Crippen molar-refractivity contribution < 1.29 is 14.3 Å². The number of benzene rings is 3. The summed E-state index contributed by atoms with van der Waals surface area (Å²) in [5, 5.41) is 3.78. The van der Waals surface area contributed by atoms with Crippen molar-refractivity contribution in [3.05, 3.63) is 98.6 Å². The summed E-state index contributed by atoms with van der Waals surface area (Å²) in [5.74, 6) is -0.139. The van der Waals surface area contributed by atoms with Gasteiger partial charge in [0, 0.05) is 5.02 Å². The SMILES string of the molecule is O=C1N/C(=C/c2cc(Cl)c(OCc3ccc(Cl)cc3)c(Cl)c2)C(=O)N1c1ccccc1. The van der Waals surface area contributed by atoms with Crippen molar-refractivity contribution in [1.82, 2.24) is 5.32 Å². The fourth-order valence-electron chi connectivity index (χ4n) is 3.05. The molecule has 4 rings (SSSR count). The van der Waals surface area contributed by atoms with E-state index in [2.05, 4.69) is 5.32 Å². The van der Waals surface area contributed by atoms with E-state index in [1.165, 1.54) is 6.08 Å². The van der Waals surface area contributed by atoms with Crippen LogP contribution in [0.5, 0.6) is 5.75 Å². The number of hydrogen-bond acceptors (Lipinski definition) is 3. The molecule has 1 aliphatic rings. The van der Waals surface area contributed by atoms with E-state index in [1.54, 1.807) is 54.6 Å². The van der Waals surface area contributed by atoms with E-state index in [-0.39, 0.29) is 22.3 Å². The second kappa shape index (κ2) is 9.02. The first-order valence-electron chi connectivity index (χ1n) is 9.21. The summed E-state index contributed by atoms with van der Waals surface area (Å²) in [6.45, 7) is 0.262. The molecule has 3 aromatic rings. The van der Waals surface area contributed by atoms with Gasteiger partial charge < -0.3 is 10.1 Å². The first kappa shape index (κ1) is 21.2. The van der Waals surface area contributed by atoms with E-state index in [0.717, 1.165) is 10.5 Å². The Morgan fingerprint density at radius 1 is 0.903 bits per heavy atom. The number of amides is 3. The second-order valence-corrected chi connectivity index (χ2v) is 7.94. The maximum Gasteiger partial charge on any atom is 0.333 e. The first-order chi connectivity index (χ1) is 14.9. The Balaban J connectivity index is 1.54. The van der Waals surface area contributed by atoms with Gasteiger partial charge in [-0.15, -0.1) is 0 Å². The number of urea groups is 1. The highest BCUT2D eigenvalue weighted by atomic mass is 35.5. The van der Waals surface area contributed by atoms with Crippen molar-refractivity contribution in [2.75, 3.05) is 4.90 Å². The van der Waals surface area contributed by atoms with Gasteiger partial charge in [0.2, 0.25) is 0 Å². The van der Waals surface area contributed by atoms with Crippen LogP contribution < -0.4 is 15.0 Å². The molecule has 3 aromatic carbocycles. The van der Waals surface area contributed by atoms with Gasteiger partial charge in [0.1, 0.15) is 12.3 Å². The molecule has 156 valence electrons. The number of carbonyl (C=O) groups is 2. The van der Waals surface area contributed by atoms with Crippen LogP contribution >= 0.6 is 34.8 Å². The summed E-state index contributed by atoms with van der Waals surface area (Å²) in [4.78, 5) is 26.1. The minimum atomic E-state index is -0.525. The van der Waals surface area contributed by atoms with Crippen molar-refractivity contribution in [3.63, 3.8) is 0 Å². The first-order valence-corrected chi connectivity index (χ1v) is 10.3. The Hall–Kier alpha value is -2.99. The van der Waals surface area contributed by atoms with Gasteiger partial charge in [0.25, 0.3) is 5.91 Å². The Bertz CT molecular complexity index is 1160. The molecule has 0 saturated carbocycles. The number of nitrogens with zero attached hydrogens (tertiary/aromatic N) is 1. The van der Waals surface area contributed by atoms with E-state index < -0.39 is 11.9 Å². The highest BCUT2D eigenvalue weighted by Gasteiger charge is 2.34. The molecule has 3 amide bonds. The molecule has 5 nitrogen and oxygen atoms in total. The van der Waals surface area contributed by atoms with Gasteiger partial charge in [-0.05, 0) is 53.6 Å². The molecule has 31 heavy (non-hydrogen) atoms. The lowest BCUT2D eigenvalue weighted by molar-refractivity contribution is -0.113. The Morgan fingerprint density at radius 2 is 1.55 bits per heavy atom. The standard InChI is InChI=1S/C23H15Cl3N2O3/c24-16-8-6-14(7-9-16)13-31-21-18(25)10-15(11-19(21)26)12-20-22(29)28(23(30)27-20)17-4-2-1-3-5-17/h1-12H,13H2,(H,27,30)/b20-12+. The number of imide groups is 1. The molecule has 0 aromatic heterocycles. The third-order valence-electron chi connectivity index (χ3n) is 4.52. The fraction of sp³-hybridized carbons (Fsp3) is 0.0435. The molecular formula is C23H15Cl3N2O3. The number of carbonyl (C=O) groups excluding carboxylic acids is 2. The predicted octanol–water partition coefficient (Wildman–Crippen LogP) is 6.32. The molecule has 8 heteroatoms. The molecule has 1 N–H and O–H groups in total. The van der Waals surface area contributed by atoms with Gasteiger partial charge in [-0.3, -0.25) is 4.79 Å². The largest absolute Gasteiger partial charge is 0.486 e. The Kier molecular flexibility index (Phi) is 6.18. The number of anilines is 1. The van der Waals surface area contributed by atoms with Crippen LogP contribution in [0.15, 0.2) is 72.4 Å². The van der Waals surface area contributed by atoms with Crippen molar-refractivity contribution in [3.8, 4) is 5.75 Å². The summed E-state index contributed by atoms with van der Waals surface area (Å²) >= 11 is 18.6. The smallest absolute Gasteiger partial charge is 0.333 e. The lowest BCUT2D eigenvalue weighted by atomic mass is 10.1. The van der Waals surface area contributed by atoms with Crippen LogP contribution in [-0.4, -0.2) is 11.9 Å². The topological polar surface area (TPSA) is 58.6 Å².